The van der Waals surface area contributed by atoms with Crippen molar-refractivity contribution in [1.29, 1.82) is 0 Å². The van der Waals surface area contributed by atoms with Gasteiger partial charge in [0.2, 0.25) is 0 Å². The third kappa shape index (κ3) is 4.06. The average Bonchev–Trinajstić information content (AvgIpc) is 3.08. The number of rotatable bonds is 4. The second kappa shape index (κ2) is 7.91. The van der Waals surface area contributed by atoms with E-state index in [-0.39, 0.29) is 17.5 Å². The number of benzene rings is 2. The lowest BCUT2D eigenvalue weighted by atomic mass is 10.1. The van der Waals surface area contributed by atoms with Crippen LogP contribution in [0.25, 0.3) is 0 Å². The molecule has 3 aromatic rings. The molecule has 2 amide bonds. The van der Waals surface area contributed by atoms with Gasteiger partial charge in [-0.1, -0.05) is 48.0 Å². The van der Waals surface area contributed by atoms with Gasteiger partial charge in [-0.2, -0.15) is 5.10 Å². The zero-order valence-electron chi connectivity index (χ0n) is 16.7. The lowest BCUT2D eigenvalue weighted by Crippen LogP contribution is -2.30. The van der Waals surface area contributed by atoms with E-state index in [1.165, 1.54) is 0 Å². The number of anilines is 1. The van der Waals surface area contributed by atoms with Crippen molar-refractivity contribution < 1.29 is 9.59 Å². The molecular weight excluding hydrogens is 364 g/mol. The summed E-state index contributed by atoms with van der Waals surface area (Å²) in [7, 11) is 0. The lowest BCUT2D eigenvalue weighted by molar-refractivity contribution is 0.0745. The van der Waals surface area contributed by atoms with E-state index in [2.05, 4.69) is 10.4 Å². The van der Waals surface area contributed by atoms with Gasteiger partial charge in [0, 0.05) is 31.4 Å². The maximum Gasteiger partial charge on any atom is 0.276 e. The van der Waals surface area contributed by atoms with Gasteiger partial charge in [-0.15, -0.1) is 0 Å². The summed E-state index contributed by atoms with van der Waals surface area (Å²) in [6, 6.07) is 17.4. The second-order valence-electron chi connectivity index (χ2n) is 7.48. The Hall–Kier alpha value is -3.41. The monoisotopic (exact) mass is 388 g/mol. The molecule has 0 unspecified atom stereocenters. The van der Waals surface area contributed by atoms with Crippen molar-refractivity contribution in [3.8, 4) is 0 Å². The normalized spacial score (nSPS) is 13.7. The molecule has 2 aromatic carbocycles. The van der Waals surface area contributed by atoms with Crippen LogP contribution in [0.3, 0.4) is 0 Å². The van der Waals surface area contributed by atoms with Gasteiger partial charge in [-0.3, -0.25) is 14.3 Å². The molecule has 0 saturated heterocycles. The first kappa shape index (κ1) is 18.9. The third-order valence-electron chi connectivity index (χ3n) is 5.16. The number of fused-ring (bicyclic) bond motifs is 1. The summed E-state index contributed by atoms with van der Waals surface area (Å²) >= 11 is 0. The molecule has 2 heterocycles. The molecule has 1 aliphatic heterocycles. The number of amides is 2. The van der Waals surface area contributed by atoms with Crippen molar-refractivity contribution in [1.82, 2.24) is 14.7 Å². The van der Waals surface area contributed by atoms with E-state index >= 15 is 0 Å². The van der Waals surface area contributed by atoms with Crippen LogP contribution < -0.4 is 5.32 Å². The maximum absolute atomic E-state index is 13.1. The summed E-state index contributed by atoms with van der Waals surface area (Å²) in [4.78, 5) is 27.6. The first-order valence-corrected chi connectivity index (χ1v) is 9.81. The highest BCUT2D eigenvalue weighted by Gasteiger charge is 2.26. The fourth-order valence-corrected chi connectivity index (χ4v) is 3.64. The molecule has 1 N–H and O–H groups in total. The molecule has 0 radical (unpaired) electrons. The Balaban J connectivity index is 1.54. The van der Waals surface area contributed by atoms with Crippen LogP contribution in [0.15, 0.2) is 54.6 Å². The van der Waals surface area contributed by atoms with Crippen molar-refractivity contribution in [3.05, 3.63) is 82.7 Å². The molecule has 0 aliphatic carbocycles. The lowest BCUT2D eigenvalue weighted by Gasteiger charge is -2.20. The van der Waals surface area contributed by atoms with Crippen LogP contribution in [0.2, 0.25) is 0 Å². The molecule has 4 rings (SSSR count). The summed E-state index contributed by atoms with van der Waals surface area (Å²) in [5, 5.41) is 7.31. The van der Waals surface area contributed by atoms with E-state index in [0.717, 1.165) is 28.8 Å². The zero-order chi connectivity index (χ0) is 20.4. The van der Waals surface area contributed by atoms with Gasteiger partial charge >= 0.3 is 0 Å². The Morgan fingerprint density at radius 2 is 1.86 bits per heavy atom. The number of carbonyl (C=O) groups excluding carboxylic acids is 2. The van der Waals surface area contributed by atoms with Gasteiger partial charge in [-0.25, -0.2) is 0 Å². The van der Waals surface area contributed by atoms with Crippen molar-refractivity contribution in [3.63, 3.8) is 0 Å². The molecule has 6 heteroatoms. The molecule has 0 fully saturated rings. The van der Waals surface area contributed by atoms with Gasteiger partial charge < -0.3 is 10.2 Å². The molecule has 1 aromatic heterocycles. The van der Waals surface area contributed by atoms with E-state index in [1.807, 2.05) is 67.3 Å². The maximum atomic E-state index is 13.1. The van der Waals surface area contributed by atoms with Crippen LogP contribution in [0.4, 0.5) is 5.69 Å². The summed E-state index contributed by atoms with van der Waals surface area (Å²) in [5.74, 6) is -0.399. The van der Waals surface area contributed by atoms with Gasteiger partial charge in [0.1, 0.15) is 5.69 Å². The summed E-state index contributed by atoms with van der Waals surface area (Å²) in [6.45, 7) is 5.80. The Morgan fingerprint density at radius 3 is 2.62 bits per heavy atom. The van der Waals surface area contributed by atoms with Crippen LogP contribution in [0.1, 0.15) is 44.1 Å². The highest BCUT2D eigenvalue weighted by Crippen LogP contribution is 2.19. The number of aromatic nitrogens is 2. The highest BCUT2D eigenvalue weighted by molar-refractivity contribution is 6.05. The van der Waals surface area contributed by atoms with Crippen LogP contribution in [-0.2, 0) is 13.1 Å². The van der Waals surface area contributed by atoms with Gasteiger partial charge in [0.05, 0.1) is 0 Å². The first-order valence-electron chi connectivity index (χ1n) is 9.81. The van der Waals surface area contributed by atoms with E-state index in [0.29, 0.717) is 25.3 Å². The molecule has 0 atom stereocenters. The van der Waals surface area contributed by atoms with E-state index in [1.54, 1.807) is 10.7 Å². The Morgan fingerprint density at radius 1 is 1.07 bits per heavy atom. The zero-order valence-corrected chi connectivity index (χ0v) is 16.7. The van der Waals surface area contributed by atoms with Crippen molar-refractivity contribution >= 4 is 17.5 Å². The second-order valence-corrected chi connectivity index (χ2v) is 7.48. The standard InChI is InChI=1S/C23H24N4O2/c1-16-9-10-19(17(2)13-16)24-22(28)20-14-21-23(29)26(11-6-12-27(21)25-20)15-18-7-4-3-5-8-18/h3-5,7-10,13-14H,6,11-12,15H2,1-2H3,(H,24,28). The molecule has 0 saturated carbocycles. The van der Waals surface area contributed by atoms with E-state index < -0.39 is 0 Å². The number of aryl methyl sites for hydroxylation is 3. The first-order chi connectivity index (χ1) is 14.0. The molecule has 1 aliphatic rings. The minimum absolute atomic E-state index is 0.0931. The third-order valence-corrected chi connectivity index (χ3v) is 5.16. The van der Waals surface area contributed by atoms with Crippen LogP contribution in [-0.4, -0.2) is 33.0 Å². The Bertz CT molecular complexity index is 1060. The highest BCUT2D eigenvalue weighted by atomic mass is 16.2. The summed E-state index contributed by atoms with van der Waals surface area (Å²) in [6.07, 6.45) is 0.797. The van der Waals surface area contributed by atoms with Crippen molar-refractivity contribution in [2.75, 3.05) is 11.9 Å². The van der Waals surface area contributed by atoms with Gasteiger partial charge in [-0.05, 0) is 37.5 Å². The minimum atomic E-state index is -0.306. The van der Waals surface area contributed by atoms with Crippen LogP contribution in [0, 0.1) is 13.8 Å². The van der Waals surface area contributed by atoms with E-state index in [4.69, 9.17) is 0 Å². The average molecular weight is 388 g/mol. The van der Waals surface area contributed by atoms with Crippen LogP contribution in [0.5, 0.6) is 0 Å². The molecule has 29 heavy (non-hydrogen) atoms. The number of nitrogens with zero attached hydrogens (tertiary/aromatic N) is 3. The Kier molecular flexibility index (Phi) is 5.16. The molecule has 148 valence electrons. The summed E-state index contributed by atoms with van der Waals surface area (Å²) < 4.78 is 1.66. The van der Waals surface area contributed by atoms with E-state index in [9.17, 15) is 9.59 Å². The largest absolute Gasteiger partial charge is 0.333 e. The smallest absolute Gasteiger partial charge is 0.276 e. The van der Waals surface area contributed by atoms with Crippen molar-refractivity contribution in [2.45, 2.75) is 33.4 Å². The topological polar surface area (TPSA) is 67.2 Å². The predicted molar refractivity (Wildman–Crippen MR) is 112 cm³/mol. The number of carbonyl (C=O) groups is 2. The molecule has 0 bridgehead atoms. The Labute approximate surface area is 170 Å². The van der Waals surface area contributed by atoms with Crippen molar-refractivity contribution in [2.24, 2.45) is 0 Å². The summed E-state index contributed by atoms with van der Waals surface area (Å²) in [5.41, 5.74) is 4.68. The SMILES string of the molecule is Cc1ccc(NC(=O)c2cc3n(n2)CCCN(Cc2ccccc2)C3=O)c(C)c1. The van der Waals surface area contributed by atoms with Crippen LogP contribution >= 0.6 is 0 Å². The minimum Gasteiger partial charge on any atom is -0.333 e. The van der Waals surface area contributed by atoms with Gasteiger partial charge in [0.15, 0.2) is 5.69 Å². The molecular formula is C23H24N4O2. The number of hydrogen-bond donors (Lipinski definition) is 1. The predicted octanol–water partition coefficient (Wildman–Crippen LogP) is 3.80. The molecule has 6 nitrogen and oxygen atoms in total. The van der Waals surface area contributed by atoms with Gasteiger partial charge in [0.25, 0.3) is 11.8 Å². The number of hydrogen-bond acceptors (Lipinski definition) is 3. The molecule has 0 spiro atoms. The quantitative estimate of drug-likeness (QED) is 0.739. The fraction of sp³-hybridized carbons (Fsp3) is 0.261. The fourth-order valence-electron chi connectivity index (χ4n) is 3.64. The number of nitrogens with one attached hydrogen (secondary N) is 1.